The Morgan fingerprint density at radius 1 is 1.43 bits per heavy atom. The van der Waals surface area contributed by atoms with E-state index in [0.717, 1.165) is 25.3 Å². The molecular formula is C17H21FN2O3. The normalized spacial score (nSPS) is 17.9. The first-order valence-corrected chi connectivity index (χ1v) is 7.66. The van der Waals surface area contributed by atoms with Crippen LogP contribution in [0.25, 0.3) is 11.5 Å². The number of rotatable bonds is 5. The molecule has 0 aliphatic carbocycles. The van der Waals surface area contributed by atoms with Gasteiger partial charge in [-0.3, -0.25) is 4.90 Å². The van der Waals surface area contributed by atoms with E-state index in [1.54, 1.807) is 19.2 Å². The third-order valence-corrected chi connectivity index (χ3v) is 4.22. The van der Waals surface area contributed by atoms with Crippen LogP contribution in [0.3, 0.4) is 0 Å². The van der Waals surface area contributed by atoms with E-state index in [1.807, 2.05) is 14.0 Å². The standard InChI is InChI=1S/C17H21FN2O3/c1-11-16(9-20(2)12-6-7-22-10-12)19-17(23-11)14-8-13(21-3)4-5-15(14)18/h4-5,8,12H,6-7,9-10H2,1-3H3/t12-/m0/s1. The van der Waals surface area contributed by atoms with E-state index in [0.29, 0.717) is 29.7 Å². The number of hydrogen-bond donors (Lipinski definition) is 0. The summed E-state index contributed by atoms with van der Waals surface area (Å²) in [5.74, 6) is 1.17. The molecule has 0 saturated carbocycles. The number of likely N-dealkylation sites (N-methyl/N-ethyl adjacent to an activating group) is 1. The molecule has 1 saturated heterocycles. The zero-order chi connectivity index (χ0) is 16.4. The molecule has 0 amide bonds. The topological polar surface area (TPSA) is 47.7 Å². The molecule has 1 fully saturated rings. The molecule has 1 aromatic carbocycles. The summed E-state index contributed by atoms with van der Waals surface area (Å²) < 4.78 is 30.3. The van der Waals surface area contributed by atoms with Gasteiger partial charge in [-0.05, 0) is 38.6 Å². The fraction of sp³-hybridized carbons (Fsp3) is 0.471. The second-order valence-electron chi connectivity index (χ2n) is 5.80. The van der Waals surface area contributed by atoms with Gasteiger partial charge in [-0.2, -0.15) is 0 Å². The molecule has 0 bridgehead atoms. The Kier molecular flexibility index (Phi) is 4.63. The lowest BCUT2D eigenvalue weighted by atomic mass is 10.2. The van der Waals surface area contributed by atoms with Gasteiger partial charge in [0, 0.05) is 19.2 Å². The summed E-state index contributed by atoms with van der Waals surface area (Å²) in [6.07, 6.45) is 1.02. The van der Waals surface area contributed by atoms with Crippen LogP contribution in [-0.2, 0) is 11.3 Å². The lowest BCUT2D eigenvalue weighted by Gasteiger charge is -2.21. The minimum Gasteiger partial charge on any atom is -0.497 e. The first-order valence-electron chi connectivity index (χ1n) is 7.66. The van der Waals surface area contributed by atoms with Crippen LogP contribution in [0.5, 0.6) is 5.75 Å². The average molecular weight is 320 g/mol. The maximum atomic E-state index is 14.1. The summed E-state index contributed by atoms with van der Waals surface area (Å²) in [5.41, 5.74) is 1.13. The van der Waals surface area contributed by atoms with Gasteiger partial charge in [-0.25, -0.2) is 9.37 Å². The van der Waals surface area contributed by atoms with Crippen molar-refractivity contribution in [1.29, 1.82) is 0 Å². The molecule has 1 aliphatic heterocycles. The van der Waals surface area contributed by atoms with Crippen molar-refractivity contribution in [3.8, 4) is 17.2 Å². The number of ether oxygens (including phenoxy) is 2. The lowest BCUT2D eigenvalue weighted by Crippen LogP contribution is -2.31. The van der Waals surface area contributed by atoms with Gasteiger partial charge >= 0.3 is 0 Å². The first kappa shape index (κ1) is 16.0. The van der Waals surface area contributed by atoms with Gasteiger partial charge in [0.2, 0.25) is 5.89 Å². The highest BCUT2D eigenvalue weighted by atomic mass is 19.1. The lowest BCUT2D eigenvalue weighted by molar-refractivity contribution is 0.155. The van der Waals surface area contributed by atoms with Gasteiger partial charge in [0.25, 0.3) is 0 Å². The molecule has 0 radical (unpaired) electrons. The molecule has 5 nitrogen and oxygen atoms in total. The molecule has 1 atom stereocenters. The Balaban J connectivity index is 1.83. The molecule has 23 heavy (non-hydrogen) atoms. The molecule has 1 aliphatic rings. The number of halogens is 1. The molecule has 0 spiro atoms. The molecule has 2 heterocycles. The van der Waals surface area contributed by atoms with Crippen molar-refractivity contribution in [1.82, 2.24) is 9.88 Å². The summed E-state index contributed by atoms with van der Waals surface area (Å²) in [4.78, 5) is 6.68. The maximum absolute atomic E-state index is 14.1. The predicted molar refractivity (Wildman–Crippen MR) is 83.9 cm³/mol. The summed E-state index contributed by atoms with van der Waals surface area (Å²) in [7, 11) is 3.58. The smallest absolute Gasteiger partial charge is 0.229 e. The van der Waals surface area contributed by atoms with Gasteiger partial charge in [-0.1, -0.05) is 0 Å². The second kappa shape index (κ2) is 6.68. The number of hydrogen-bond acceptors (Lipinski definition) is 5. The van der Waals surface area contributed by atoms with E-state index in [2.05, 4.69) is 9.88 Å². The fourth-order valence-electron chi connectivity index (χ4n) is 2.72. The van der Waals surface area contributed by atoms with Gasteiger partial charge < -0.3 is 13.9 Å². The van der Waals surface area contributed by atoms with Crippen LogP contribution in [0, 0.1) is 12.7 Å². The molecule has 1 aromatic heterocycles. The molecule has 6 heteroatoms. The van der Waals surface area contributed by atoms with Crippen LogP contribution < -0.4 is 4.74 Å². The third-order valence-electron chi connectivity index (χ3n) is 4.22. The van der Waals surface area contributed by atoms with E-state index in [1.165, 1.54) is 6.07 Å². The summed E-state index contributed by atoms with van der Waals surface area (Å²) in [6, 6.07) is 4.92. The van der Waals surface area contributed by atoms with E-state index in [4.69, 9.17) is 13.9 Å². The Bertz CT molecular complexity index is 680. The molecule has 0 N–H and O–H groups in total. The van der Waals surface area contributed by atoms with Crippen LogP contribution in [0.1, 0.15) is 17.9 Å². The van der Waals surface area contributed by atoms with Crippen molar-refractivity contribution in [2.45, 2.75) is 25.9 Å². The second-order valence-corrected chi connectivity index (χ2v) is 5.80. The zero-order valence-electron chi connectivity index (χ0n) is 13.6. The molecule has 124 valence electrons. The summed E-state index contributed by atoms with van der Waals surface area (Å²) >= 11 is 0. The Morgan fingerprint density at radius 3 is 2.96 bits per heavy atom. The highest BCUT2D eigenvalue weighted by Crippen LogP contribution is 2.28. The zero-order valence-corrected chi connectivity index (χ0v) is 13.6. The van der Waals surface area contributed by atoms with Gasteiger partial charge in [-0.15, -0.1) is 0 Å². The fourth-order valence-corrected chi connectivity index (χ4v) is 2.72. The van der Waals surface area contributed by atoms with Crippen molar-refractivity contribution in [3.63, 3.8) is 0 Å². The van der Waals surface area contributed by atoms with E-state index >= 15 is 0 Å². The summed E-state index contributed by atoms with van der Waals surface area (Å²) in [6.45, 7) is 4.04. The Hall–Kier alpha value is -1.92. The van der Waals surface area contributed by atoms with Crippen LogP contribution in [0.2, 0.25) is 0 Å². The first-order chi connectivity index (χ1) is 11.1. The summed E-state index contributed by atoms with van der Waals surface area (Å²) in [5, 5.41) is 0. The van der Waals surface area contributed by atoms with Crippen molar-refractivity contribution in [3.05, 3.63) is 35.5 Å². The van der Waals surface area contributed by atoms with Gasteiger partial charge in [0.05, 0.1) is 25.0 Å². The number of oxazole rings is 1. The van der Waals surface area contributed by atoms with Crippen molar-refractivity contribution in [2.75, 3.05) is 27.4 Å². The number of methoxy groups -OCH3 is 1. The van der Waals surface area contributed by atoms with Crippen LogP contribution >= 0.6 is 0 Å². The number of aryl methyl sites for hydroxylation is 1. The number of nitrogens with zero attached hydrogens (tertiary/aromatic N) is 2. The van der Waals surface area contributed by atoms with Crippen LogP contribution in [0.15, 0.2) is 22.6 Å². The molecular weight excluding hydrogens is 299 g/mol. The highest BCUT2D eigenvalue weighted by Gasteiger charge is 2.23. The average Bonchev–Trinajstić information content (AvgIpc) is 3.18. The maximum Gasteiger partial charge on any atom is 0.229 e. The van der Waals surface area contributed by atoms with E-state index in [-0.39, 0.29) is 11.7 Å². The quantitative estimate of drug-likeness (QED) is 0.847. The minimum atomic E-state index is -0.379. The van der Waals surface area contributed by atoms with Crippen molar-refractivity contribution < 1.29 is 18.3 Å². The Labute approximate surface area is 135 Å². The van der Waals surface area contributed by atoms with Crippen molar-refractivity contribution >= 4 is 0 Å². The number of benzene rings is 1. The SMILES string of the molecule is COc1ccc(F)c(-c2nc(CN(C)[C@H]3CCOC3)c(C)o2)c1. The largest absolute Gasteiger partial charge is 0.497 e. The molecule has 3 rings (SSSR count). The van der Waals surface area contributed by atoms with E-state index < -0.39 is 0 Å². The van der Waals surface area contributed by atoms with Crippen LogP contribution in [-0.4, -0.2) is 43.3 Å². The van der Waals surface area contributed by atoms with Gasteiger partial charge in [0.15, 0.2) is 0 Å². The highest BCUT2D eigenvalue weighted by molar-refractivity contribution is 5.57. The molecule has 2 aromatic rings. The predicted octanol–water partition coefficient (Wildman–Crippen LogP) is 3.02. The monoisotopic (exact) mass is 320 g/mol. The minimum absolute atomic E-state index is 0.282. The molecule has 0 unspecified atom stereocenters. The van der Waals surface area contributed by atoms with E-state index in [9.17, 15) is 4.39 Å². The third kappa shape index (κ3) is 3.38. The number of aromatic nitrogens is 1. The van der Waals surface area contributed by atoms with Crippen LogP contribution in [0.4, 0.5) is 4.39 Å². The van der Waals surface area contributed by atoms with Crippen molar-refractivity contribution in [2.24, 2.45) is 0 Å². The van der Waals surface area contributed by atoms with Gasteiger partial charge in [0.1, 0.15) is 17.3 Å². The Morgan fingerprint density at radius 2 is 2.26 bits per heavy atom.